The summed E-state index contributed by atoms with van der Waals surface area (Å²) in [5, 5.41) is 9.37. The highest BCUT2D eigenvalue weighted by molar-refractivity contribution is 7.98. The monoisotopic (exact) mass is 583 g/mol. The van der Waals surface area contributed by atoms with E-state index in [2.05, 4.69) is 4.98 Å². The number of sulfonamides is 1. The molecule has 0 amide bonds. The number of likely N-dealkylation sites (N-methyl/N-ethyl adjacent to an activating group) is 1. The van der Waals surface area contributed by atoms with Crippen molar-refractivity contribution in [2.75, 3.05) is 24.7 Å². The first kappa shape index (κ1) is 28.3. The van der Waals surface area contributed by atoms with Crippen molar-refractivity contribution >= 4 is 50.5 Å². The first-order valence-corrected chi connectivity index (χ1v) is 15.2. The van der Waals surface area contributed by atoms with E-state index in [0.29, 0.717) is 10.6 Å². The molecule has 0 saturated heterocycles. The normalized spacial score (nSPS) is 17.6. The van der Waals surface area contributed by atoms with Gasteiger partial charge in [-0.05, 0) is 37.8 Å². The molecule has 8 nitrogen and oxygen atoms in total. The second-order valence-electron chi connectivity index (χ2n) is 8.92. The molecule has 0 unspecified atom stereocenters. The number of fused-ring (bicyclic) bond motifs is 1. The SMILES string of the molecule is CSc1cc2c(cc1OCc1ncsc1C(=O)O)S(=O)(=O)N(C)[C@H](CCC(C)(F)F)CN2c1ccccc1. The minimum Gasteiger partial charge on any atom is -0.486 e. The molecular weight excluding hydrogens is 556 g/mol. The Kier molecular flexibility index (Phi) is 8.31. The van der Waals surface area contributed by atoms with Crippen LogP contribution in [0, 0.1) is 0 Å². The van der Waals surface area contributed by atoms with E-state index in [4.69, 9.17) is 4.74 Å². The number of halogens is 2. The van der Waals surface area contributed by atoms with Crippen LogP contribution >= 0.6 is 23.1 Å². The molecule has 1 aliphatic rings. The van der Waals surface area contributed by atoms with E-state index < -0.39 is 34.4 Å². The van der Waals surface area contributed by atoms with Crippen LogP contribution in [0.4, 0.5) is 20.2 Å². The fourth-order valence-corrected chi connectivity index (χ4v) is 6.98. The van der Waals surface area contributed by atoms with Gasteiger partial charge in [0.2, 0.25) is 15.9 Å². The summed E-state index contributed by atoms with van der Waals surface area (Å²) < 4.78 is 62.3. The van der Waals surface area contributed by atoms with Crippen LogP contribution < -0.4 is 9.64 Å². The Bertz CT molecular complexity index is 1410. The average molecular weight is 584 g/mol. The summed E-state index contributed by atoms with van der Waals surface area (Å²) in [5.41, 5.74) is 2.77. The number of benzene rings is 2. The predicted molar refractivity (Wildman–Crippen MR) is 144 cm³/mol. The van der Waals surface area contributed by atoms with Crippen LogP contribution in [0.2, 0.25) is 0 Å². The van der Waals surface area contributed by atoms with Crippen LogP contribution in [0.1, 0.15) is 35.1 Å². The number of ether oxygens (including phenoxy) is 1. The predicted octanol–water partition coefficient (Wildman–Crippen LogP) is 5.72. The topological polar surface area (TPSA) is 100 Å². The number of carboxylic acids is 1. The van der Waals surface area contributed by atoms with E-state index in [1.807, 2.05) is 41.5 Å². The van der Waals surface area contributed by atoms with Crippen molar-refractivity contribution < 1.29 is 31.8 Å². The summed E-state index contributed by atoms with van der Waals surface area (Å²) >= 11 is 2.32. The molecule has 0 fully saturated rings. The minimum absolute atomic E-state index is 0.0286. The lowest BCUT2D eigenvalue weighted by Gasteiger charge is -2.30. The van der Waals surface area contributed by atoms with Crippen LogP contribution in [0.15, 0.2) is 57.8 Å². The van der Waals surface area contributed by atoms with E-state index in [0.717, 1.165) is 28.3 Å². The first-order chi connectivity index (χ1) is 17.9. The summed E-state index contributed by atoms with van der Waals surface area (Å²) in [6.07, 6.45) is 1.33. The zero-order chi connectivity index (χ0) is 27.7. The number of carbonyl (C=O) groups is 1. The van der Waals surface area contributed by atoms with Gasteiger partial charge in [-0.15, -0.1) is 23.1 Å². The number of rotatable bonds is 9. The highest BCUT2D eigenvalue weighted by atomic mass is 32.2. The second-order valence-corrected chi connectivity index (χ2v) is 12.6. The summed E-state index contributed by atoms with van der Waals surface area (Å²) in [5.74, 6) is -3.80. The Morgan fingerprint density at radius 1 is 1.29 bits per heavy atom. The summed E-state index contributed by atoms with van der Waals surface area (Å²) in [7, 11) is -2.70. The molecule has 0 bridgehead atoms. The van der Waals surface area contributed by atoms with Crippen molar-refractivity contribution in [3.8, 4) is 5.75 Å². The average Bonchev–Trinajstić information content (AvgIpc) is 3.33. The Hall–Kier alpha value is -2.74. The largest absolute Gasteiger partial charge is 0.486 e. The Morgan fingerprint density at radius 3 is 2.63 bits per heavy atom. The number of aromatic carboxylic acids is 1. The minimum atomic E-state index is -4.11. The molecule has 204 valence electrons. The van der Waals surface area contributed by atoms with E-state index in [1.165, 1.54) is 30.4 Å². The van der Waals surface area contributed by atoms with Crippen molar-refractivity contribution in [1.82, 2.24) is 9.29 Å². The number of aromatic nitrogens is 1. The number of para-hydroxylation sites is 1. The Balaban J connectivity index is 1.80. The van der Waals surface area contributed by atoms with Crippen molar-refractivity contribution in [3.63, 3.8) is 0 Å². The molecule has 0 saturated carbocycles. The summed E-state index contributed by atoms with van der Waals surface area (Å²) in [6.45, 7) is 0.843. The number of hydrogen-bond donors (Lipinski definition) is 1. The molecule has 4 rings (SSSR count). The van der Waals surface area contributed by atoms with Gasteiger partial charge in [0.05, 0.1) is 16.1 Å². The van der Waals surface area contributed by atoms with Crippen LogP contribution in [0.25, 0.3) is 0 Å². The second kappa shape index (κ2) is 11.2. The molecule has 1 atom stereocenters. The highest BCUT2D eigenvalue weighted by Gasteiger charge is 2.39. The third kappa shape index (κ3) is 5.95. The van der Waals surface area contributed by atoms with Crippen molar-refractivity contribution in [2.45, 2.75) is 48.1 Å². The van der Waals surface area contributed by atoms with Crippen LogP contribution in [-0.4, -0.2) is 60.6 Å². The van der Waals surface area contributed by atoms with E-state index >= 15 is 0 Å². The first-order valence-electron chi connectivity index (χ1n) is 11.6. The molecule has 13 heteroatoms. The fourth-order valence-electron chi connectivity index (χ4n) is 4.23. The third-order valence-electron chi connectivity index (χ3n) is 6.28. The van der Waals surface area contributed by atoms with Crippen molar-refractivity contribution in [2.24, 2.45) is 0 Å². The van der Waals surface area contributed by atoms with Gasteiger partial charge in [-0.2, -0.15) is 4.31 Å². The Morgan fingerprint density at radius 2 is 2.00 bits per heavy atom. The molecule has 1 aliphatic heterocycles. The standard InChI is InChI=1S/C25H27F2N3O5S3/c1-25(26,27)10-9-17-13-30(16-7-5-4-6-8-16)19-11-21(36-3)20(12-22(19)38(33,34)29(17)2)35-14-18-23(24(31)32)37-15-28-18/h4-8,11-12,15,17H,9-10,13-14H2,1-3H3,(H,31,32)/t17-/m1/s1. The zero-order valence-electron chi connectivity index (χ0n) is 20.9. The van der Waals surface area contributed by atoms with Gasteiger partial charge in [-0.3, -0.25) is 0 Å². The number of thiazole rings is 1. The quantitative estimate of drug-likeness (QED) is 0.320. The van der Waals surface area contributed by atoms with Gasteiger partial charge >= 0.3 is 5.97 Å². The number of hydrogen-bond acceptors (Lipinski definition) is 8. The van der Waals surface area contributed by atoms with Crippen LogP contribution in [0.3, 0.4) is 0 Å². The van der Waals surface area contributed by atoms with Crippen molar-refractivity contribution in [1.29, 1.82) is 0 Å². The summed E-state index contributed by atoms with van der Waals surface area (Å²) in [4.78, 5) is 18.0. The lowest BCUT2D eigenvalue weighted by atomic mass is 10.1. The fraction of sp³-hybridized carbons (Fsp3) is 0.360. The molecule has 0 spiro atoms. The molecule has 1 N–H and O–H groups in total. The molecule has 2 aromatic carbocycles. The van der Waals surface area contributed by atoms with Crippen LogP contribution in [-0.2, 0) is 16.6 Å². The zero-order valence-corrected chi connectivity index (χ0v) is 23.4. The van der Waals surface area contributed by atoms with E-state index in [-0.39, 0.29) is 40.8 Å². The van der Waals surface area contributed by atoms with Gasteiger partial charge in [-0.25, -0.2) is 27.0 Å². The number of anilines is 2. The van der Waals surface area contributed by atoms with Gasteiger partial charge in [0.1, 0.15) is 27.8 Å². The third-order valence-corrected chi connectivity index (χ3v) is 9.84. The number of thioether (sulfide) groups is 1. The van der Waals surface area contributed by atoms with E-state index in [9.17, 15) is 27.1 Å². The van der Waals surface area contributed by atoms with Gasteiger partial charge < -0.3 is 14.7 Å². The number of carboxylic acid groups (broad SMARTS) is 1. The number of nitrogens with zero attached hydrogens (tertiary/aromatic N) is 3. The molecule has 0 radical (unpaired) electrons. The molecule has 1 aromatic heterocycles. The summed E-state index contributed by atoms with van der Waals surface area (Å²) in [6, 6.07) is 11.6. The molecule has 38 heavy (non-hydrogen) atoms. The van der Waals surface area contributed by atoms with Crippen LogP contribution in [0.5, 0.6) is 5.75 Å². The smallest absolute Gasteiger partial charge is 0.347 e. The highest BCUT2D eigenvalue weighted by Crippen LogP contribution is 2.44. The molecule has 0 aliphatic carbocycles. The van der Waals surface area contributed by atoms with Gasteiger partial charge in [-0.1, -0.05) is 18.2 Å². The maximum Gasteiger partial charge on any atom is 0.347 e. The van der Waals surface area contributed by atoms with Crippen molar-refractivity contribution in [3.05, 3.63) is 58.5 Å². The Labute approximate surface area is 228 Å². The molecule has 2 heterocycles. The molecule has 3 aromatic rings. The molecular formula is C25H27F2N3O5S3. The lowest BCUT2D eigenvalue weighted by molar-refractivity contribution is 0.00679. The maximum absolute atomic E-state index is 13.8. The van der Waals surface area contributed by atoms with Gasteiger partial charge in [0.25, 0.3) is 0 Å². The van der Waals surface area contributed by atoms with Gasteiger partial charge in [0.15, 0.2) is 0 Å². The maximum atomic E-state index is 13.8. The van der Waals surface area contributed by atoms with E-state index in [1.54, 1.807) is 6.07 Å². The number of alkyl halides is 2. The van der Waals surface area contributed by atoms with Gasteiger partial charge in [0, 0.05) is 37.8 Å². The lowest BCUT2D eigenvalue weighted by Crippen LogP contribution is -2.41.